The van der Waals surface area contributed by atoms with Gasteiger partial charge in [-0.2, -0.15) is 0 Å². The molecule has 1 aliphatic rings. The Bertz CT molecular complexity index is 713. The fourth-order valence-electron chi connectivity index (χ4n) is 3.12. The van der Waals surface area contributed by atoms with Crippen LogP contribution in [0.1, 0.15) is 31.1 Å². The number of hydrogen-bond acceptors (Lipinski definition) is 7. The van der Waals surface area contributed by atoms with Gasteiger partial charge in [0.2, 0.25) is 0 Å². The summed E-state index contributed by atoms with van der Waals surface area (Å²) in [5.74, 6) is 0.695. The van der Waals surface area contributed by atoms with Crippen LogP contribution in [0.2, 0.25) is 0 Å². The summed E-state index contributed by atoms with van der Waals surface area (Å²) in [7, 11) is 1.53. The molecule has 0 saturated carbocycles. The zero-order valence-corrected chi connectivity index (χ0v) is 16.5. The molecular formula is C17H23N3O7S. The number of carbonyl (C=O) groups is 2. The van der Waals surface area contributed by atoms with Gasteiger partial charge in [-0.1, -0.05) is 37.7 Å². The summed E-state index contributed by atoms with van der Waals surface area (Å²) in [6, 6.07) is 6.17. The molecule has 1 aromatic carbocycles. The van der Waals surface area contributed by atoms with E-state index in [0.717, 1.165) is 22.2 Å². The van der Waals surface area contributed by atoms with Crippen molar-refractivity contribution in [3.8, 4) is 5.75 Å². The molecule has 0 aromatic heterocycles. The lowest BCUT2D eigenvalue weighted by Gasteiger charge is -2.36. The number of amides is 2. The number of carbonyl (C=O) groups excluding carboxylic acids is 1. The van der Waals surface area contributed by atoms with Gasteiger partial charge in [-0.15, -0.1) is 10.1 Å². The van der Waals surface area contributed by atoms with Crippen molar-refractivity contribution in [1.29, 1.82) is 0 Å². The molecule has 1 heterocycles. The SMILES string of the molecule is COc1ccc(C2SC(=O)N[C@@H]2N(C(=O)O)[C@H](CO[N+](=O)[O-])CC(C)C)cc1. The lowest BCUT2D eigenvalue weighted by molar-refractivity contribution is -0.758. The molecule has 2 amide bonds. The zero-order valence-electron chi connectivity index (χ0n) is 15.7. The fraction of sp³-hybridized carbons (Fsp3) is 0.529. The Hall–Kier alpha value is -2.69. The van der Waals surface area contributed by atoms with Crippen molar-refractivity contribution < 1.29 is 29.4 Å². The van der Waals surface area contributed by atoms with E-state index in [1.54, 1.807) is 24.3 Å². The van der Waals surface area contributed by atoms with Gasteiger partial charge in [-0.3, -0.25) is 9.69 Å². The summed E-state index contributed by atoms with van der Waals surface area (Å²) < 4.78 is 5.13. The smallest absolute Gasteiger partial charge is 0.409 e. The molecule has 0 aliphatic carbocycles. The number of ether oxygens (including phenoxy) is 1. The predicted octanol–water partition coefficient (Wildman–Crippen LogP) is 3.12. The number of thioether (sulfide) groups is 1. The van der Waals surface area contributed by atoms with Gasteiger partial charge in [0, 0.05) is 0 Å². The van der Waals surface area contributed by atoms with Crippen molar-refractivity contribution in [2.75, 3.05) is 13.7 Å². The van der Waals surface area contributed by atoms with Gasteiger partial charge in [-0.05, 0) is 30.0 Å². The molecule has 1 unspecified atom stereocenters. The maximum atomic E-state index is 12.1. The van der Waals surface area contributed by atoms with Gasteiger partial charge in [0.15, 0.2) is 0 Å². The highest BCUT2D eigenvalue weighted by atomic mass is 32.2. The van der Waals surface area contributed by atoms with Crippen LogP contribution < -0.4 is 10.1 Å². The van der Waals surface area contributed by atoms with Crippen LogP contribution in [0.4, 0.5) is 9.59 Å². The highest BCUT2D eigenvalue weighted by molar-refractivity contribution is 8.14. The Morgan fingerprint density at radius 1 is 1.39 bits per heavy atom. The van der Waals surface area contributed by atoms with Crippen molar-refractivity contribution in [2.45, 2.75) is 37.7 Å². The van der Waals surface area contributed by atoms with Crippen molar-refractivity contribution in [3.63, 3.8) is 0 Å². The Morgan fingerprint density at radius 3 is 2.54 bits per heavy atom. The molecule has 1 saturated heterocycles. The van der Waals surface area contributed by atoms with Crippen LogP contribution in [0.3, 0.4) is 0 Å². The predicted molar refractivity (Wildman–Crippen MR) is 102 cm³/mol. The van der Waals surface area contributed by atoms with Crippen molar-refractivity contribution >= 4 is 23.1 Å². The van der Waals surface area contributed by atoms with E-state index in [9.17, 15) is 24.8 Å². The van der Waals surface area contributed by atoms with Gasteiger partial charge in [0.1, 0.15) is 18.5 Å². The largest absolute Gasteiger partial charge is 0.497 e. The van der Waals surface area contributed by atoms with E-state index in [4.69, 9.17) is 4.74 Å². The molecule has 0 radical (unpaired) electrons. The van der Waals surface area contributed by atoms with Crippen LogP contribution >= 0.6 is 11.8 Å². The Balaban J connectivity index is 2.34. The van der Waals surface area contributed by atoms with Crippen molar-refractivity contribution in [3.05, 3.63) is 39.9 Å². The van der Waals surface area contributed by atoms with Gasteiger partial charge in [-0.25, -0.2) is 4.79 Å². The zero-order chi connectivity index (χ0) is 20.8. The first kappa shape index (κ1) is 21.6. The Morgan fingerprint density at radius 2 is 2.04 bits per heavy atom. The van der Waals surface area contributed by atoms with Crippen LogP contribution in [-0.2, 0) is 4.84 Å². The Labute approximate surface area is 166 Å². The summed E-state index contributed by atoms with van der Waals surface area (Å²) >= 11 is 0.976. The van der Waals surface area contributed by atoms with Crippen molar-refractivity contribution in [1.82, 2.24) is 10.2 Å². The third kappa shape index (κ3) is 5.41. The highest BCUT2D eigenvalue weighted by Gasteiger charge is 2.43. The molecule has 1 aliphatic heterocycles. The minimum Gasteiger partial charge on any atom is -0.497 e. The third-order valence-electron chi connectivity index (χ3n) is 4.26. The van der Waals surface area contributed by atoms with E-state index in [1.807, 2.05) is 13.8 Å². The summed E-state index contributed by atoms with van der Waals surface area (Å²) in [6.45, 7) is 3.34. The molecule has 3 atom stereocenters. The van der Waals surface area contributed by atoms with E-state index in [0.29, 0.717) is 12.2 Å². The first-order chi connectivity index (χ1) is 13.2. The maximum Gasteiger partial charge on any atom is 0.409 e. The molecule has 154 valence electrons. The average Bonchev–Trinajstić information content (AvgIpc) is 3.00. The lowest BCUT2D eigenvalue weighted by atomic mass is 10.0. The molecule has 1 fully saturated rings. The quantitative estimate of drug-likeness (QED) is 0.466. The van der Waals surface area contributed by atoms with Gasteiger partial charge in [0.05, 0.1) is 18.4 Å². The summed E-state index contributed by atoms with van der Waals surface area (Å²) in [5, 5.41) is 21.3. The number of hydrogen-bond donors (Lipinski definition) is 2. The molecule has 10 nitrogen and oxygen atoms in total. The van der Waals surface area contributed by atoms with E-state index < -0.39 is 35.2 Å². The third-order valence-corrected chi connectivity index (χ3v) is 5.38. The van der Waals surface area contributed by atoms with Crippen LogP contribution in [-0.4, -0.2) is 52.3 Å². The van der Waals surface area contributed by atoms with Gasteiger partial charge >= 0.3 is 6.09 Å². The molecule has 1 aromatic rings. The second-order valence-corrected chi connectivity index (χ2v) is 7.80. The number of rotatable bonds is 9. The Kier molecular flexibility index (Phi) is 7.32. The van der Waals surface area contributed by atoms with E-state index in [-0.39, 0.29) is 11.2 Å². The average molecular weight is 413 g/mol. The summed E-state index contributed by atoms with van der Waals surface area (Å²) in [5.41, 5.74) is 0.735. The number of carboxylic acid groups (broad SMARTS) is 1. The highest BCUT2D eigenvalue weighted by Crippen LogP contribution is 2.40. The number of methoxy groups -OCH3 is 1. The molecule has 11 heteroatoms. The molecule has 0 spiro atoms. The number of benzene rings is 1. The second-order valence-electron chi connectivity index (χ2n) is 6.68. The van der Waals surface area contributed by atoms with Crippen LogP contribution in [0.15, 0.2) is 24.3 Å². The molecule has 2 N–H and O–H groups in total. The minimum absolute atomic E-state index is 0.0615. The van der Waals surface area contributed by atoms with E-state index >= 15 is 0 Å². The van der Waals surface area contributed by atoms with Crippen LogP contribution in [0.25, 0.3) is 0 Å². The molecule has 28 heavy (non-hydrogen) atoms. The van der Waals surface area contributed by atoms with Gasteiger partial charge in [0.25, 0.3) is 10.3 Å². The van der Waals surface area contributed by atoms with Crippen LogP contribution in [0.5, 0.6) is 5.75 Å². The lowest BCUT2D eigenvalue weighted by Crippen LogP contribution is -2.55. The molecule has 2 rings (SSSR count). The summed E-state index contributed by atoms with van der Waals surface area (Å²) in [4.78, 5) is 40.3. The first-order valence-corrected chi connectivity index (χ1v) is 9.50. The fourth-order valence-corrected chi connectivity index (χ4v) is 4.17. The van der Waals surface area contributed by atoms with E-state index in [1.165, 1.54) is 7.11 Å². The first-order valence-electron chi connectivity index (χ1n) is 8.62. The van der Waals surface area contributed by atoms with Crippen LogP contribution in [0, 0.1) is 16.0 Å². The standard InChI is InChI=1S/C17H23N3O7S/c1-10(2)8-12(9-27-20(24)25)19(17(22)23)15-14(28-16(21)18-15)11-4-6-13(26-3)7-5-11/h4-7,10,12,14-15H,8-9H2,1-3H3,(H,18,21)(H,22,23)/t12-,14?,15+/m0/s1. The summed E-state index contributed by atoms with van der Waals surface area (Å²) in [6.07, 6.45) is -1.83. The maximum absolute atomic E-state index is 12.1. The normalized spacial score (nSPS) is 19.8. The molecule has 0 bridgehead atoms. The monoisotopic (exact) mass is 413 g/mol. The number of nitrogens with zero attached hydrogens (tertiary/aromatic N) is 2. The van der Waals surface area contributed by atoms with Crippen molar-refractivity contribution in [2.24, 2.45) is 5.92 Å². The minimum atomic E-state index is -1.29. The molecular weight excluding hydrogens is 390 g/mol. The second kappa shape index (κ2) is 9.49. The number of nitrogens with one attached hydrogen (secondary N) is 1. The van der Waals surface area contributed by atoms with E-state index in [2.05, 4.69) is 10.2 Å². The topological polar surface area (TPSA) is 131 Å². The van der Waals surface area contributed by atoms with Gasteiger partial charge < -0.3 is 20.0 Å².